The molecule has 1 aromatic carbocycles. The summed E-state index contributed by atoms with van der Waals surface area (Å²) in [7, 11) is 1.60. The van der Waals surface area contributed by atoms with Crippen LogP contribution in [0.15, 0.2) is 24.3 Å². The lowest BCUT2D eigenvalue weighted by molar-refractivity contribution is -0.0333. The van der Waals surface area contributed by atoms with Crippen LogP contribution in [0.2, 0.25) is 5.02 Å². The van der Waals surface area contributed by atoms with Crippen LogP contribution in [0.5, 0.6) is 0 Å². The van der Waals surface area contributed by atoms with Gasteiger partial charge in [0, 0.05) is 18.6 Å². The average molecular weight is 229 g/mol. The van der Waals surface area contributed by atoms with E-state index in [4.69, 9.17) is 16.3 Å². The average Bonchev–Trinajstić information content (AvgIpc) is 2.22. The molecule has 0 aliphatic rings. The summed E-state index contributed by atoms with van der Waals surface area (Å²) in [6.45, 7) is 2.31. The Balaban J connectivity index is 2.70. The van der Waals surface area contributed by atoms with E-state index >= 15 is 0 Å². The molecule has 0 saturated heterocycles. The van der Waals surface area contributed by atoms with Gasteiger partial charge in [-0.15, -0.1) is 0 Å². The number of hydrogen-bond acceptors (Lipinski definition) is 2. The molecular formula is C12H17ClO2. The van der Waals surface area contributed by atoms with E-state index in [-0.39, 0.29) is 0 Å². The highest BCUT2D eigenvalue weighted by molar-refractivity contribution is 6.30. The van der Waals surface area contributed by atoms with Gasteiger partial charge in [-0.05, 0) is 24.1 Å². The first-order valence-electron chi connectivity index (χ1n) is 5.05. The van der Waals surface area contributed by atoms with Crippen molar-refractivity contribution >= 4 is 11.6 Å². The van der Waals surface area contributed by atoms with Gasteiger partial charge in [0.2, 0.25) is 0 Å². The van der Waals surface area contributed by atoms with Crippen LogP contribution in [-0.4, -0.2) is 24.4 Å². The lowest BCUT2D eigenvalue weighted by Gasteiger charge is -2.25. The molecule has 0 aliphatic carbocycles. The molecule has 15 heavy (non-hydrogen) atoms. The van der Waals surface area contributed by atoms with Crippen LogP contribution in [0.25, 0.3) is 0 Å². The molecule has 0 spiro atoms. The summed E-state index contributed by atoms with van der Waals surface area (Å²) in [5, 5.41) is 10.9. The molecular weight excluding hydrogens is 212 g/mol. The molecule has 1 unspecified atom stereocenters. The van der Waals surface area contributed by atoms with Gasteiger partial charge in [0.25, 0.3) is 0 Å². The van der Waals surface area contributed by atoms with Crippen LogP contribution < -0.4 is 0 Å². The van der Waals surface area contributed by atoms with E-state index < -0.39 is 5.60 Å². The standard InChI is InChI=1S/C12H17ClO2/c1-3-12(14,9-15-2)8-10-4-6-11(13)7-5-10/h4-7,14H,3,8-9H2,1-2H3. The topological polar surface area (TPSA) is 29.5 Å². The van der Waals surface area contributed by atoms with Crippen molar-refractivity contribution in [2.24, 2.45) is 0 Å². The summed E-state index contributed by atoms with van der Waals surface area (Å²) < 4.78 is 5.02. The molecule has 0 heterocycles. The van der Waals surface area contributed by atoms with Gasteiger partial charge in [0.1, 0.15) is 0 Å². The Kier molecular flexibility index (Phi) is 4.58. The maximum Gasteiger partial charge on any atom is 0.0917 e. The van der Waals surface area contributed by atoms with Gasteiger partial charge in [-0.1, -0.05) is 30.7 Å². The van der Waals surface area contributed by atoms with E-state index in [9.17, 15) is 5.11 Å². The van der Waals surface area contributed by atoms with Crippen LogP contribution in [0.4, 0.5) is 0 Å². The van der Waals surface area contributed by atoms with E-state index in [1.54, 1.807) is 7.11 Å². The fourth-order valence-corrected chi connectivity index (χ4v) is 1.65. The minimum atomic E-state index is -0.775. The van der Waals surface area contributed by atoms with Gasteiger partial charge in [0.05, 0.1) is 12.2 Å². The Labute approximate surface area is 95.8 Å². The largest absolute Gasteiger partial charge is 0.387 e. The van der Waals surface area contributed by atoms with E-state index in [1.807, 2.05) is 31.2 Å². The maximum absolute atomic E-state index is 10.2. The van der Waals surface area contributed by atoms with E-state index in [0.29, 0.717) is 24.5 Å². The molecule has 1 aromatic rings. The third-order valence-corrected chi connectivity index (χ3v) is 2.77. The third-order valence-electron chi connectivity index (χ3n) is 2.52. The summed E-state index contributed by atoms with van der Waals surface area (Å²) in [6, 6.07) is 7.52. The molecule has 1 rings (SSSR count). The molecule has 1 N–H and O–H groups in total. The van der Waals surface area contributed by atoms with E-state index in [1.165, 1.54) is 0 Å². The van der Waals surface area contributed by atoms with E-state index in [0.717, 1.165) is 5.56 Å². The number of rotatable bonds is 5. The first-order valence-corrected chi connectivity index (χ1v) is 5.43. The highest BCUT2D eigenvalue weighted by atomic mass is 35.5. The lowest BCUT2D eigenvalue weighted by Crippen LogP contribution is -2.35. The Bertz CT molecular complexity index is 297. The second kappa shape index (κ2) is 5.50. The first kappa shape index (κ1) is 12.5. The van der Waals surface area contributed by atoms with Crippen molar-refractivity contribution in [3.05, 3.63) is 34.9 Å². The van der Waals surface area contributed by atoms with Crippen LogP contribution in [0.3, 0.4) is 0 Å². The molecule has 0 saturated carbocycles. The zero-order valence-electron chi connectivity index (χ0n) is 9.16. The summed E-state index contributed by atoms with van der Waals surface area (Å²) in [4.78, 5) is 0. The molecule has 0 bridgehead atoms. The molecule has 3 heteroatoms. The van der Waals surface area contributed by atoms with Crippen LogP contribution in [0, 0.1) is 0 Å². The zero-order chi connectivity index (χ0) is 11.3. The Morgan fingerprint density at radius 3 is 2.40 bits per heavy atom. The quantitative estimate of drug-likeness (QED) is 0.840. The number of ether oxygens (including phenoxy) is 1. The number of aliphatic hydroxyl groups is 1. The maximum atomic E-state index is 10.2. The van der Waals surface area contributed by atoms with Gasteiger partial charge in [-0.2, -0.15) is 0 Å². The van der Waals surface area contributed by atoms with Gasteiger partial charge in [-0.3, -0.25) is 0 Å². The fourth-order valence-electron chi connectivity index (χ4n) is 1.53. The minimum absolute atomic E-state index is 0.353. The number of hydrogen-bond donors (Lipinski definition) is 1. The second-order valence-electron chi connectivity index (χ2n) is 3.81. The third kappa shape index (κ3) is 3.82. The normalized spacial score (nSPS) is 14.9. The zero-order valence-corrected chi connectivity index (χ0v) is 9.92. The minimum Gasteiger partial charge on any atom is -0.387 e. The highest BCUT2D eigenvalue weighted by Gasteiger charge is 2.24. The molecule has 0 aliphatic heterocycles. The van der Waals surface area contributed by atoms with Crippen molar-refractivity contribution in [1.29, 1.82) is 0 Å². The van der Waals surface area contributed by atoms with Crippen molar-refractivity contribution in [3.63, 3.8) is 0 Å². The molecule has 1 atom stereocenters. The van der Waals surface area contributed by atoms with Crippen molar-refractivity contribution in [3.8, 4) is 0 Å². The Hall–Kier alpha value is -0.570. The smallest absolute Gasteiger partial charge is 0.0917 e. The number of halogens is 1. The van der Waals surface area contributed by atoms with Gasteiger partial charge >= 0.3 is 0 Å². The Morgan fingerprint density at radius 1 is 1.33 bits per heavy atom. The summed E-state index contributed by atoms with van der Waals surface area (Å²) >= 11 is 5.79. The predicted octanol–water partition coefficient (Wildman–Crippen LogP) is 2.67. The molecule has 84 valence electrons. The lowest BCUT2D eigenvalue weighted by atomic mass is 9.93. The van der Waals surface area contributed by atoms with Crippen molar-refractivity contribution < 1.29 is 9.84 Å². The second-order valence-corrected chi connectivity index (χ2v) is 4.25. The van der Waals surface area contributed by atoms with Gasteiger partial charge < -0.3 is 9.84 Å². The molecule has 0 radical (unpaired) electrons. The number of benzene rings is 1. The molecule has 2 nitrogen and oxygen atoms in total. The summed E-state index contributed by atoms with van der Waals surface area (Å²) in [5.41, 5.74) is 0.295. The predicted molar refractivity (Wildman–Crippen MR) is 62.3 cm³/mol. The van der Waals surface area contributed by atoms with Crippen molar-refractivity contribution in [2.75, 3.05) is 13.7 Å². The van der Waals surface area contributed by atoms with Crippen molar-refractivity contribution in [1.82, 2.24) is 0 Å². The summed E-state index contributed by atoms with van der Waals surface area (Å²) in [5.74, 6) is 0. The monoisotopic (exact) mass is 228 g/mol. The fraction of sp³-hybridized carbons (Fsp3) is 0.500. The van der Waals surface area contributed by atoms with Crippen LogP contribution in [0.1, 0.15) is 18.9 Å². The van der Waals surface area contributed by atoms with Gasteiger partial charge in [-0.25, -0.2) is 0 Å². The molecule has 0 fully saturated rings. The van der Waals surface area contributed by atoms with Crippen LogP contribution in [-0.2, 0) is 11.2 Å². The highest BCUT2D eigenvalue weighted by Crippen LogP contribution is 2.19. The SMILES string of the molecule is CCC(O)(COC)Cc1ccc(Cl)cc1. The molecule has 0 amide bonds. The Morgan fingerprint density at radius 2 is 1.93 bits per heavy atom. The van der Waals surface area contributed by atoms with Crippen LogP contribution >= 0.6 is 11.6 Å². The van der Waals surface area contributed by atoms with Crippen molar-refractivity contribution in [2.45, 2.75) is 25.4 Å². The van der Waals surface area contributed by atoms with E-state index in [2.05, 4.69) is 0 Å². The number of methoxy groups -OCH3 is 1. The van der Waals surface area contributed by atoms with Gasteiger partial charge in [0.15, 0.2) is 0 Å². The molecule has 0 aromatic heterocycles. The summed E-state index contributed by atoms with van der Waals surface area (Å²) in [6.07, 6.45) is 1.26. The first-order chi connectivity index (χ1) is 7.09.